The molecule has 1 aliphatic heterocycles. The van der Waals surface area contributed by atoms with Crippen LogP contribution >= 0.6 is 0 Å². The Morgan fingerprint density at radius 3 is 2.61 bits per heavy atom. The molecule has 23 heavy (non-hydrogen) atoms. The molecule has 0 aliphatic carbocycles. The minimum Gasteiger partial charge on any atom is -0.478 e. The van der Waals surface area contributed by atoms with E-state index in [4.69, 9.17) is 5.11 Å². The maximum Gasteiger partial charge on any atom is 0.335 e. The van der Waals surface area contributed by atoms with E-state index in [1.54, 1.807) is 12.1 Å². The second kappa shape index (κ2) is 8.11. The van der Waals surface area contributed by atoms with E-state index >= 15 is 0 Å². The van der Waals surface area contributed by atoms with E-state index in [2.05, 4.69) is 24.1 Å². The molecule has 1 fully saturated rings. The Labute approximate surface area is 137 Å². The van der Waals surface area contributed by atoms with Crippen molar-refractivity contribution in [3.63, 3.8) is 0 Å². The van der Waals surface area contributed by atoms with Gasteiger partial charge in [0.25, 0.3) is 0 Å². The topological polar surface area (TPSA) is 69.6 Å². The quantitative estimate of drug-likeness (QED) is 0.844. The van der Waals surface area contributed by atoms with E-state index in [1.165, 1.54) is 0 Å². The summed E-state index contributed by atoms with van der Waals surface area (Å²) >= 11 is 0. The van der Waals surface area contributed by atoms with Crippen LogP contribution in [0.15, 0.2) is 24.3 Å². The SMILES string of the molecule is CC(C)CNC(=O)CN1CCC[C@@H](c2ccc(C(=O)O)cc2)C1. The first-order valence-corrected chi connectivity index (χ1v) is 8.28. The van der Waals surface area contributed by atoms with Gasteiger partial charge in [-0.25, -0.2) is 4.79 Å². The number of rotatable bonds is 6. The summed E-state index contributed by atoms with van der Waals surface area (Å²) in [5.41, 5.74) is 1.47. The van der Waals surface area contributed by atoms with E-state index in [0.29, 0.717) is 30.5 Å². The van der Waals surface area contributed by atoms with Crippen molar-refractivity contribution >= 4 is 11.9 Å². The second-order valence-corrected chi connectivity index (χ2v) is 6.70. The van der Waals surface area contributed by atoms with Gasteiger partial charge in [0, 0.05) is 13.1 Å². The number of likely N-dealkylation sites (tertiary alicyclic amines) is 1. The third kappa shape index (κ3) is 5.36. The van der Waals surface area contributed by atoms with E-state index in [1.807, 2.05) is 12.1 Å². The van der Waals surface area contributed by atoms with Gasteiger partial charge in [0.1, 0.15) is 0 Å². The molecule has 0 unspecified atom stereocenters. The molecule has 2 rings (SSSR count). The Balaban J connectivity index is 1.90. The van der Waals surface area contributed by atoms with Gasteiger partial charge < -0.3 is 10.4 Å². The van der Waals surface area contributed by atoms with Crippen molar-refractivity contribution in [3.8, 4) is 0 Å². The number of aromatic carboxylic acids is 1. The minimum absolute atomic E-state index is 0.0839. The molecular formula is C18H26N2O3. The number of nitrogens with one attached hydrogen (secondary N) is 1. The molecule has 0 saturated carbocycles. The van der Waals surface area contributed by atoms with Gasteiger partial charge in [-0.2, -0.15) is 0 Å². The van der Waals surface area contributed by atoms with Crippen LogP contribution < -0.4 is 5.32 Å². The van der Waals surface area contributed by atoms with Crippen LogP contribution in [0.25, 0.3) is 0 Å². The summed E-state index contributed by atoms with van der Waals surface area (Å²) in [5.74, 6) is 0.00881. The Morgan fingerprint density at radius 2 is 2.00 bits per heavy atom. The Morgan fingerprint density at radius 1 is 1.30 bits per heavy atom. The number of benzene rings is 1. The van der Waals surface area contributed by atoms with Crippen molar-refractivity contribution in [1.82, 2.24) is 10.2 Å². The van der Waals surface area contributed by atoms with Gasteiger partial charge in [0.15, 0.2) is 0 Å². The standard InChI is InChI=1S/C18H26N2O3/c1-13(2)10-19-17(21)12-20-9-3-4-16(11-20)14-5-7-15(8-6-14)18(22)23/h5-8,13,16H,3-4,9-12H2,1-2H3,(H,19,21)(H,22,23)/t16-/m1/s1. The van der Waals surface area contributed by atoms with Crippen LogP contribution in [0.1, 0.15) is 48.5 Å². The number of hydrogen-bond donors (Lipinski definition) is 2. The number of piperidine rings is 1. The van der Waals surface area contributed by atoms with Crippen LogP contribution in [0.3, 0.4) is 0 Å². The molecular weight excluding hydrogens is 292 g/mol. The van der Waals surface area contributed by atoms with Gasteiger partial charge in [-0.05, 0) is 48.9 Å². The third-order valence-electron chi connectivity index (χ3n) is 4.21. The molecule has 1 heterocycles. The number of amides is 1. The zero-order chi connectivity index (χ0) is 16.8. The zero-order valence-corrected chi connectivity index (χ0v) is 13.9. The lowest BCUT2D eigenvalue weighted by Crippen LogP contribution is -2.42. The van der Waals surface area contributed by atoms with Gasteiger partial charge in [-0.15, -0.1) is 0 Å². The van der Waals surface area contributed by atoms with Gasteiger partial charge in [-0.3, -0.25) is 9.69 Å². The van der Waals surface area contributed by atoms with Gasteiger partial charge in [-0.1, -0.05) is 26.0 Å². The fourth-order valence-electron chi connectivity index (χ4n) is 2.95. The molecule has 1 saturated heterocycles. The molecule has 0 bridgehead atoms. The highest BCUT2D eigenvalue weighted by atomic mass is 16.4. The number of carbonyl (C=O) groups is 2. The second-order valence-electron chi connectivity index (χ2n) is 6.70. The molecule has 1 aromatic carbocycles. The predicted octanol–water partition coefficient (Wildman–Crippen LogP) is 2.34. The van der Waals surface area contributed by atoms with Crippen molar-refractivity contribution in [1.29, 1.82) is 0 Å². The van der Waals surface area contributed by atoms with E-state index in [0.717, 1.165) is 31.5 Å². The summed E-state index contributed by atoms with van der Waals surface area (Å²) in [6, 6.07) is 7.12. The van der Waals surface area contributed by atoms with E-state index < -0.39 is 5.97 Å². The molecule has 0 spiro atoms. The summed E-state index contributed by atoms with van der Waals surface area (Å²) in [5, 5.41) is 11.9. The maximum atomic E-state index is 12.0. The first-order valence-electron chi connectivity index (χ1n) is 8.28. The zero-order valence-electron chi connectivity index (χ0n) is 13.9. The van der Waals surface area contributed by atoms with Crippen molar-refractivity contribution < 1.29 is 14.7 Å². The minimum atomic E-state index is -0.899. The first kappa shape index (κ1) is 17.5. The molecule has 5 nitrogen and oxygen atoms in total. The van der Waals surface area contributed by atoms with Crippen molar-refractivity contribution in [3.05, 3.63) is 35.4 Å². The van der Waals surface area contributed by atoms with Crippen LogP contribution in [0, 0.1) is 5.92 Å². The predicted molar refractivity (Wildman–Crippen MR) is 89.7 cm³/mol. The van der Waals surface area contributed by atoms with Crippen LogP contribution in [-0.4, -0.2) is 48.1 Å². The lowest BCUT2D eigenvalue weighted by molar-refractivity contribution is -0.122. The van der Waals surface area contributed by atoms with Crippen molar-refractivity contribution in [2.75, 3.05) is 26.2 Å². The first-order chi connectivity index (χ1) is 11.0. The molecule has 1 aliphatic rings. The highest BCUT2D eigenvalue weighted by Crippen LogP contribution is 2.27. The molecule has 1 aromatic rings. The highest BCUT2D eigenvalue weighted by Gasteiger charge is 2.23. The average Bonchev–Trinajstić information content (AvgIpc) is 2.53. The summed E-state index contributed by atoms with van der Waals surface area (Å²) in [4.78, 5) is 25.1. The fraction of sp³-hybridized carbons (Fsp3) is 0.556. The lowest BCUT2D eigenvalue weighted by Gasteiger charge is -2.32. The normalized spacial score (nSPS) is 18.8. The Bertz CT molecular complexity index is 540. The molecule has 2 N–H and O–H groups in total. The van der Waals surface area contributed by atoms with Gasteiger partial charge in [0.2, 0.25) is 5.91 Å². The molecule has 126 valence electrons. The van der Waals surface area contributed by atoms with E-state index in [-0.39, 0.29) is 5.91 Å². The van der Waals surface area contributed by atoms with Gasteiger partial charge in [0.05, 0.1) is 12.1 Å². The summed E-state index contributed by atoms with van der Waals surface area (Å²) < 4.78 is 0. The third-order valence-corrected chi connectivity index (χ3v) is 4.21. The summed E-state index contributed by atoms with van der Waals surface area (Å²) in [6.45, 7) is 7.11. The maximum absolute atomic E-state index is 12.0. The largest absolute Gasteiger partial charge is 0.478 e. The monoisotopic (exact) mass is 318 g/mol. The van der Waals surface area contributed by atoms with Crippen LogP contribution in [-0.2, 0) is 4.79 Å². The number of nitrogens with zero attached hydrogens (tertiary/aromatic N) is 1. The van der Waals surface area contributed by atoms with Crippen LogP contribution in [0.4, 0.5) is 0 Å². The van der Waals surface area contributed by atoms with Crippen molar-refractivity contribution in [2.24, 2.45) is 5.92 Å². The number of carboxylic acids is 1. The number of carbonyl (C=O) groups excluding carboxylic acids is 1. The molecule has 1 atom stereocenters. The molecule has 0 radical (unpaired) electrons. The lowest BCUT2D eigenvalue weighted by atomic mass is 9.90. The highest BCUT2D eigenvalue weighted by molar-refractivity contribution is 5.87. The number of hydrogen-bond acceptors (Lipinski definition) is 3. The molecule has 1 amide bonds. The van der Waals surface area contributed by atoms with E-state index in [9.17, 15) is 9.59 Å². The Hall–Kier alpha value is -1.88. The molecule has 0 aromatic heterocycles. The molecule has 5 heteroatoms. The van der Waals surface area contributed by atoms with Crippen molar-refractivity contribution in [2.45, 2.75) is 32.6 Å². The Kier molecular flexibility index (Phi) is 6.16. The smallest absolute Gasteiger partial charge is 0.335 e. The fourth-order valence-corrected chi connectivity index (χ4v) is 2.95. The van der Waals surface area contributed by atoms with Crippen LogP contribution in [0.2, 0.25) is 0 Å². The average molecular weight is 318 g/mol. The van der Waals surface area contributed by atoms with Gasteiger partial charge >= 0.3 is 5.97 Å². The number of carboxylic acid groups (broad SMARTS) is 1. The summed E-state index contributed by atoms with van der Waals surface area (Å²) in [7, 11) is 0. The van der Waals surface area contributed by atoms with Crippen LogP contribution in [0.5, 0.6) is 0 Å². The summed E-state index contributed by atoms with van der Waals surface area (Å²) in [6.07, 6.45) is 2.14.